The molecule has 0 spiro atoms. The van der Waals surface area contributed by atoms with E-state index >= 15 is 0 Å². The first-order valence-corrected chi connectivity index (χ1v) is 10.1. The average Bonchev–Trinajstić information content (AvgIpc) is 2.92. The van der Waals surface area contributed by atoms with Crippen LogP contribution in [0.1, 0.15) is 33.6 Å². The molecule has 0 aliphatic carbocycles. The molecule has 1 heterocycles. The zero-order chi connectivity index (χ0) is 19.8. The zero-order valence-electron chi connectivity index (χ0n) is 16.9. The Morgan fingerprint density at radius 1 is 1.26 bits per heavy atom. The monoisotopic (exact) mass is 391 g/mol. The summed E-state index contributed by atoms with van der Waals surface area (Å²) < 4.78 is 13.9. The molecular formula is C20H30FN5S. The molecule has 0 atom stereocenters. The maximum Gasteiger partial charge on any atom is 0.191 e. The van der Waals surface area contributed by atoms with Gasteiger partial charge in [0.05, 0.1) is 17.2 Å². The van der Waals surface area contributed by atoms with Gasteiger partial charge in [-0.2, -0.15) is 0 Å². The Hall–Kier alpha value is -1.99. The minimum Gasteiger partial charge on any atom is -0.357 e. The van der Waals surface area contributed by atoms with Crippen LogP contribution in [0.15, 0.2) is 23.2 Å². The number of nitrogens with zero attached hydrogens (tertiary/aromatic N) is 3. The molecule has 0 saturated heterocycles. The lowest BCUT2D eigenvalue weighted by Crippen LogP contribution is -2.38. The van der Waals surface area contributed by atoms with Gasteiger partial charge in [-0.1, -0.05) is 6.07 Å². The van der Waals surface area contributed by atoms with Gasteiger partial charge in [-0.3, -0.25) is 0 Å². The summed E-state index contributed by atoms with van der Waals surface area (Å²) in [5, 5.41) is 7.74. The number of hydrogen-bond acceptors (Lipinski definition) is 4. The summed E-state index contributed by atoms with van der Waals surface area (Å²) in [6.45, 7) is 8.83. The van der Waals surface area contributed by atoms with Crippen molar-refractivity contribution in [2.75, 3.05) is 27.2 Å². The molecular weight excluding hydrogens is 361 g/mol. The molecule has 0 amide bonds. The Labute approximate surface area is 165 Å². The van der Waals surface area contributed by atoms with Crippen LogP contribution >= 0.6 is 11.3 Å². The Bertz CT molecular complexity index is 750. The Balaban J connectivity index is 1.96. The van der Waals surface area contributed by atoms with Crippen LogP contribution in [-0.2, 0) is 19.5 Å². The van der Waals surface area contributed by atoms with E-state index in [1.165, 1.54) is 10.9 Å². The van der Waals surface area contributed by atoms with E-state index in [0.29, 0.717) is 18.7 Å². The van der Waals surface area contributed by atoms with E-state index in [-0.39, 0.29) is 5.82 Å². The number of aromatic nitrogens is 1. The van der Waals surface area contributed by atoms with Crippen LogP contribution < -0.4 is 10.6 Å². The van der Waals surface area contributed by atoms with E-state index in [9.17, 15) is 4.39 Å². The summed E-state index contributed by atoms with van der Waals surface area (Å²) in [5.41, 5.74) is 2.80. The van der Waals surface area contributed by atoms with Crippen molar-refractivity contribution in [3.05, 3.63) is 50.7 Å². The number of nitrogens with one attached hydrogen (secondary N) is 2. The highest BCUT2D eigenvalue weighted by atomic mass is 32.1. The first kappa shape index (κ1) is 21.3. The van der Waals surface area contributed by atoms with E-state index < -0.39 is 0 Å². The molecule has 0 radical (unpaired) electrons. The summed E-state index contributed by atoms with van der Waals surface area (Å²) in [5.74, 6) is 0.594. The van der Waals surface area contributed by atoms with Gasteiger partial charge in [-0.15, -0.1) is 11.3 Å². The van der Waals surface area contributed by atoms with Gasteiger partial charge in [0.1, 0.15) is 5.82 Å². The van der Waals surface area contributed by atoms with Crippen LogP contribution in [0.5, 0.6) is 0 Å². The summed E-state index contributed by atoms with van der Waals surface area (Å²) in [4.78, 5) is 12.4. The maximum atomic E-state index is 13.9. The summed E-state index contributed by atoms with van der Waals surface area (Å²) in [6.07, 6.45) is 0.868. The molecule has 0 aliphatic rings. The van der Waals surface area contributed by atoms with Gasteiger partial charge in [0.2, 0.25) is 0 Å². The van der Waals surface area contributed by atoms with Gasteiger partial charge in [-0.25, -0.2) is 14.4 Å². The fraction of sp³-hybridized carbons (Fsp3) is 0.500. The Morgan fingerprint density at radius 2 is 2.04 bits per heavy atom. The second kappa shape index (κ2) is 10.4. The average molecular weight is 392 g/mol. The van der Waals surface area contributed by atoms with Crippen LogP contribution in [0.2, 0.25) is 0 Å². The van der Waals surface area contributed by atoms with Crippen molar-refractivity contribution in [3.8, 4) is 0 Å². The topological polar surface area (TPSA) is 52.6 Å². The molecule has 2 rings (SSSR count). The Morgan fingerprint density at radius 3 is 2.67 bits per heavy atom. The highest BCUT2D eigenvalue weighted by Crippen LogP contribution is 2.16. The number of benzene rings is 1. The summed E-state index contributed by atoms with van der Waals surface area (Å²) in [6, 6.07) is 5.21. The van der Waals surface area contributed by atoms with E-state index in [4.69, 9.17) is 0 Å². The molecule has 27 heavy (non-hydrogen) atoms. The molecule has 148 valence electrons. The quantitative estimate of drug-likeness (QED) is 0.536. The lowest BCUT2D eigenvalue weighted by molar-refractivity contribution is 0.392. The van der Waals surface area contributed by atoms with E-state index in [1.807, 2.05) is 38.9 Å². The van der Waals surface area contributed by atoms with Gasteiger partial charge >= 0.3 is 0 Å². The van der Waals surface area contributed by atoms with E-state index in [0.717, 1.165) is 41.7 Å². The number of aliphatic imine (C=N–C) groups is 1. The van der Waals surface area contributed by atoms with Crippen LogP contribution in [0.3, 0.4) is 0 Å². The van der Waals surface area contributed by atoms with Gasteiger partial charge in [0.15, 0.2) is 5.96 Å². The number of aryl methyl sites for hydroxylation is 2. The third kappa shape index (κ3) is 6.92. The summed E-state index contributed by atoms with van der Waals surface area (Å²) >= 11 is 1.75. The largest absolute Gasteiger partial charge is 0.357 e. The molecule has 2 aromatic rings. The molecule has 5 nitrogen and oxygen atoms in total. The van der Waals surface area contributed by atoms with Gasteiger partial charge in [-0.05, 0) is 52.6 Å². The minimum absolute atomic E-state index is 0.171. The lowest BCUT2D eigenvalue weighted by Gasteiger charge is -2.13. The highest BCUT2D eigenvalue weighted by Gasteiger charge is 2.06. The minimum atomic E-state index is -0.171. The summed E-state index contributed by atoms with van der Waals surface area (Å²) in [7, 11) is 3.87. The molecule has 2 N–H and O–H groups in total. The lowest BCUT2D eigenvalue weighted by atomic mass is 10.1. The van der Waals surface area contributed by atoms with Crippen LogP contribution in [0.4, 0.5) is 4.39 Å². The fourth-order valence-corrected chi connectivity index (χ4v) is 3.57. The number of thiazole rings is 1. The van der Waals surface area contributed by atoms with Crippen LogP contribution in [0, 0.1) is 19.7 Å². The van der Waals surface area contributed by atoms with Gasteiger partial charge < -0.3 is 15.5 Å². The highest BCUT2D eigenvalue weighted by molar-refractivity contribution is 7.11. The standard InChI is InChI=1S/C20H30FN5S/c1-6-22-20(23-10-9-19-25-14(2)15(3)27-19)24-12-16-7-8-18(21)17(11-16)13-26(4)5/h7-8,11H,6,9-10,12-13H2,1-5H3,(H2,22,23,24). The molecule has 0 unspecified atom stereocenters. The predicted octanol–water partition coefficient (Wildman–Crippen LogP) is 3.26. The van der Waals surface area contributed by atoms with Gasteiger partial charge in [0, 0.05) is 36.5 Å². The predicted molar refractivity (Wildman–Crippen MR) is 112 cm³/mol. The number of halogens is 1. The van der Waals surface area contributed by atoms with E-state index in [1.54, 1.807) is 17.4 Å². The Kier molecular flexibility index (Phi) is 8.19. The number of hydrogen-bond donors (Lipinski definition) is 2. The van der Waals surface area contributed by atoms with Gasteiger partial charge in [0.25, 0.3) is 0 Å². The molecule has 1 aromatic heterocycles. The molecule has 0 saturated carbocycles. The van der Waals surface area contributed by atoms with Crippen molar-refractivity contribution in [2.45, 2.75) is 40.3 Å². The normalized spacial score (nSPS) is 11.9. The van der Waals surface area contributed by atoms with Crippen molar-refractivity contribution in [3.63, 3.8) is 0 Å². The molecule has 1 aromatic carbocycles. The van der Waals surface area contributed by atoms with Crippen LogP contribution in [0.25, 0.3) is 0 Å². The number of guanidine groups is 1. The maximum absolute atomic E-state index is 13.9. The van der Waals surface area contributed by atoms with Crippen molar-refractivity contribution < 1.29 is 4.39 Å². The first-order valence-electron chi connectivity index (χ1n) is 9.26. The van der Waals surface area contributed by atoms with Crippen molar-refractivity contribution in [2.24, 2.45) is 4.99 Å². The second-order valence-electron chi connectivity index (χ2n) is 6.78. The van der Waals surface area contributed by atoms with E-state index in [2.05, 4.69) is 27.5 Å². The second-order valence-corrected chi connectivity index (χ2v) is 8.07. The fourth-order valence-electron chi connectivity index (χ4n) is 2.63. The SMILES string of the molecule is CCNC(=NCc1ccc(F)c(CN(C)C)c1)NCCc1nc(C)c(C)s1. The third-order valence-corrected chi connectivity index (χ3v) is 5.20. The molecule has 0 bridgehead atoms. The molecule has 0 fully saturated rings. The van der Waals surface area contributed by atoms with Crippen molar-refractivity contribution in [1.29, 1.82) is 0 Å². The molecule has 7 heteroatoms. The van der Waals surface area contributed by atoms with Crippen molar-refractivity contribution >= 4 is 17.3 Å². The molecule has 0 aliphatic heterocycles. The van der Waals surface area contributed by atoms with Crippen LogP contribution in [-0.4, -0.2) is 43.0 Å². The smallest absolute Gasteiger partial charge is 0.191 e. The zero-order valence-corrected chi connectivity index (χ0v) is 17.7. The third-order valence-electron chi connectivity index (χ3n) is 4.06. The number of rotatable bonds is 8. The van der Waals surface area contributed by atoms with Crippen molar-refractivity contribution in [1.82, 2.24) is 20.5 Å². The first-order chi connectivity index (χ1) is 12.9.